The number of phenols is 1. The molecule has 1 aromatic carbocycles. The number of fused-ring (bicyclic) bond motifs is 2. The summed E-state index contributed by atoms with van der Waals surface area (Å²) in [6.07, 6.45) is 9.97. The molecule has 176 valence electrons. The molecule has 0 radical (unpaired) electrons. The van der Waals surface area contributed by atoms with Gasteiger partial charge in [-0.3, -0.25) is 4.79 Å². The van der Waals surface area contributed by atoms with Gasteiger partial charge in [0.25, 0.3) is 5.56 Å². The van der Waals surface area contributed by atoms with Crippen LogP contribution in [0.25, 0.3) is 22.5 Å². The third-order valence-corrected chi connectivity index (χ3v) is 7.33. The Hall–Kier alpha value is -3.33. The summed E-state index contributed by atoms with van der Waals surface area (Å²) < 4.78 is 15.6. The Morgan fingerprint density at radius 2 is 1.82 bits per heavy atom. The van der Waals surface area contributed by atoms with E-state index in [4.69, 9.17) is 0 Å². The van der Waals surface area contributed by atoms with Crippen LogP contribution in [0.2, 0.25) is 0 Å². The number of hydrogen-bond acceptors (Lipinski definition) is 7. The van der Waals surface area contributed by atoms with E-state index in [1.54, 1.807) is 18.3 Å². The molecule has 4 heterocycles. The average molecular weight is 463 g/mol. The molecular weight excluding hydrogens is 435 g/mol. The van der Waals surface area contributed by atoms with Crippen molar-refractivity contribution in [2.24, 2.45) is 7.05 Å². The van der Waals surface area contributed by atoms with Gasteiger partial charge >= 0.3 is 0 Å². The molecule has 3 fully saturated rings. The van der Waals surface area contributed by atoms with E-state index >= 15 is 0 Å². The van der Waals surface area contributed by atoms with Gasteiger partial charge < -0.3 is 19.9 Å². The summed E-state index contributed by atoms with van der Waals surface area (Å²) in [5, 5.41) is 23.2. The molecule has 2 N–H and O–H groups in total. The van der Waals surface area contributed by atoms with Crippen molar-refractivity contribution in [1.82, 2.24) is 25.1 Å². The molecule has 1 saturated carbocycles. The summed E-state index contributed by atoms with van der Waals surface area (Å²) >= 11 is 0. The molecule has 34 heavy (non-hydrogen) atoms. The van der Waals surface area contributed by atoms with Crippen LogP contribution in [0.5, 0.6) is 5.75 Å². The average Bonchev–Trinajstić information content (AvgIpc) is 3.60. The molecule has 2 aromatic heterocycles. The maximum absolute atomic E-state index is 14.4. The van der Waals surface area contributed by atoms with Crippen molar-refractivity contribution in [2.75, 3.05) is 4.90 Å². The molecule has 9 heteroatoms. The van der Waals surface area contributed by atoms with Gasteiger partial charge in [-0.15, -0.1) is 10.2 Å². The molecule has 8 nitrogen and oxygen atoms in total. The first-order chi connectivity index (χ1) is 16.5. The highest BCUT2D eigenvalue weighted by molar-refractivity contribution is 5.73. The number of aromatic nitrogens is 4. The van der Waals surface area contributed by atoms with E-state index in [9.17, 15) is 14.3 Å². The van der Waals surface area contributed by atoms with Gasteiger partial charge in [-0.05, 0) is 56.2 Å². The molecule has 1 aliphatic carbocycles. The standard InChI is InChI=1S/C25H27FN6O2/c1-31-13-21(26)20(11-24(31)34)14-2-7-19(22(33)8-14)25-27-12-23(29-30-25)32(17-5-6-17)18-9-15-3-4-16(10-18)28-15/h2,7-8,11-13,15-18,28,33H,3-6,9-10H2,1H3/t15-,16+,18?. The van der Waals surface area contributed by atoms with Gasteiger partial charge in [0, 0.05) is 49.0 Å². The number of pyridine rings is 1. The van der Waals surface area contributed by atoms with E-state index in [0.717, 1.165) is 24.9 Å². The van der Waals surface area contributed by atoms with Crippen molar-refractivity contribution in [1.29, 1.82) is 0 Å². The molecule has 0 spiro atoms. The van der Waals surface area contributed by atoms with Gasteiger partial charge in [-0.1, -0.05) is 6.07 Å². The number of benzene rings is 1. The zero-order valence-electron chi connectivity index (χ0n) is 19.0. The molecular formula is C25H27FN6O2. The van der Waals surface area contributed by atoms with Crippen molar-refractivity contribution in [3.63, 3.8) is 0 Å². The fourth-order valence-corrected chi connectivity index (χ4v) is 5.50. The molecule has 3 atom stereocenters. The Labute approximate surface area is 196 Å². The summed E-state index contributed by atoms with van der Waals surface area (Å²) in [6, 6.07) is 8.06. The lowest BCUT2D eigenvalue weighted by atomic mass is 9.98. The van der Waals surface area contributed by atoms with Crippen LogP contribution in [0.4, 0.5) is 10.2 Å². The molecule has 2 bridgehead atoms. The van der Waals surface area contributed by atoms with Crippen LogP contribution in [0.1, 0.15) is 38.5 Å². The Morgan fingerprint density at radius 1 is 1.06 bits per heavy atom. The number of rotatable bonds is 5. The van der Waals surface area contributed by atoms with Crippen LogP contribution in [0.15, 0.2) is 41.5 Å². The molecule has 3 aliphatic rings. The molecule has 1 unspecified atom stereocenters. The van der Waals surface area contributed by atoms with E-state index in [1.165, 1.54) is 49.4 Å². The highest BCUT2D eigenvalue weighted by atomic mass is 19.1. The van der Waals surface area contributed by atoms with Gasteiger partial charge in [0.05, 0.1) is 11.8 Å². The number of nitrogens with zero attached hydrogens (tertiary/aromatic N) is 5. The fourth-order valence-electron chi connectivity index (χ4n) is 5.50. The predicted octanol–water partition coefficient (Wildman–Crippen LogP) is 3.00. The van der Waals surface area contributed by atoms with Gasteiger partial charge in [-0.2, -0.15) is 0 Å². The summed E-state index contributed by atoms with van der Waals surface area (Å²) in [7, 11) is 1.49. The molecule has 6 rings (SSSR count). The molecule has 2 saturated heterocycles. The topological polar surface area (TPSA) is 96.2 Å². The second-order valence-corrected chi connectivity index (χ2v) is 9.76. The van der Waals surface area contributed by atoms with Crippen LogP contribution in [-0.4, -0.2) is 49.0 Å². The molecule has 2 aliphatic heterocycles. The number of hydrogen-bond donors (Lipinski definition) is 2. The third kappa shape index (κ3) is 3.83. The number of aromatic hydroxyl groups is 1. The first-order valence-corrected chi connectivity index (χ1v) is 11.9. The number of nitrogens with one attached hydrogen (secondary N) is 1. The second-order valence-electron chi connectivity index (χ2n) is 9.76. The quantitative estimate of drug-likeness (QED) is 0.602. The van der Waals surface area contributed by atoms with Crippen molar-refractivity contribution >= 4 is 5.82 Å². The summed E-state index contributed by atoms with van der Waals surface area (Å²) in [4.78, 5) is 18.9. The lowest BCUT2D eigenvalue weighted by Crippen LogP contribution is -2.49. The van der Waals surface area contributed by atoms with Gasteiger partial charge in [0.2, 0.25) is 0 Å². The summed E-state index contributed by atoms with van der Waals surface area (Å²) in [6.45, 7) is 0. The first kappa shape index (κ1) is 21.2. The van der Waals surface area contributed by atoms with Crippen LogP contribution < -0.4 is 15.8 Å². The number of piperidine rings is 1. The van der Waals surface area contributed by atoms with E-state index in [0.29, 0.717) is 41.1 Å². The van der Waals surface area contributed by atoms with Crippen LogP contribution in [0.3, 0.4) is 0 Å². The number of halogens is 1. The van der Waals surface area contributed by atoms with Crippen LogP contribution in [0, 0.1) is 5.82 Å². The smallest absolute Gasteiger partial charge is 0.251 e. The number of phenolic OH excluding ortho intramolecular Hbond substituents is 1. The van der Waals surface area contributed by atoms with Crippen molar-refractivity contribution in [2.45, 2.75) is 62.7 Å². The monoisotopic (exact) mass is 462 g/mol. The zero-order chi connectivity index (χ0) is 23.4. The molecule has 0 amide bonds. The highest BCUT2D eigenvalue weighted by Crippen LogP contribution is 2.39. The fraction of sp³-hybridized carbons (Fsp3) is 0.440. The lowest BCUT2D eigenvalue weighted by molar-refractivity contribution is 0.343. The van der Waals surface area contributed by atoms with Crippen molar-refractivity contribution in [3.05, 3.63) is 52.8 Å². The second kappa shape index (κ2) is 8.16. The first-order valence-electron chi connectivity index (χ1n) is 11.9. The van der Waals surface area contributed by atoms with Gasteiger partial charge in [-0.25, -0.2) is 9.37 Å². The minimum Gasteiger partial charge on any atom is -0.507 e. The van der Waals surface area contributed by atoms with Gasteiger partial charge in [0.1, 0.15) is 11.6 Å². The minimum atomic E-state index is -0.539. The predicted molar refractivity (Wildman–Crippen MR) is 126 cm³/mol. The minimum absolute atomic E-state index is 0.0962. The number of aryl methyl sites for hydroxylation is 1. The lowest BCUT2D eigenvalue weighted by Gasteiger charge is -2.38. The zero-order valence-corrected chi connectivity index (χ0v) is 19.0. The van der Waals surface area contributed by atoms with Gasteiger partial charge in [0.15, 0.2) is 11.6 Å². The Balaban J connectivity index is 1.26. The number of anilines is 1. The Kier molecular flexibility index (Phi) is 5.09. The maximum Gasteiger partial charge on any atom is 0.251 e. The maximum atomic E-state index is 14.4. The normalized spacial score (nSPS) is 23.8. The van der Waals surface area contributed by atoms with Crippen LogP contribution in [-0.2, 0) is 7.05 Å². The largest absolute Gasteiger partial charge is 0.507 e. The SMILES string of the molecule is Cn1cc(F)c(-c2ccc(-c3ncc(N(C4CC4)C4C[C@H]5CC[C@@H](C4)N5)nn3)c(O)c2)cc1=O. The van der Waals surface area contributed by atoms with Crippen LogP contribution >= 0.6 is 0 Å². The van der Waals surface area contributed by atoms with E-state index in [2.05, 4.69) is 25.4 Å². The van der Waals surface area contributed by atoms with E-state index in [-0.39, 0.29) is 16.9 Å². The molecule has 3 aromatic rings. The Bertz CT molecular complexity index is 1280. The van der Waals surface area contributed by atoms with E-state index < -0.39 is 5.82 Å². The van der Waals surface area contributed by atoms with Crippen molar-refractivity contribution in [3.8, 4) is 28.3 Å². The van der Waals surface area contributed by atoms with E-state index in [1.807, 2.05) is 0 Å². The summed E-state index contributed by atoms with van der Waals surface area (Å²) in [5.41, 5.74) is 0.617. The summed E-state index contributed by atoms with van der Waals surface area (Å²) in [5.74, 6) is 0.457. The Morgan fingerprint density at radius 3 is 2.47 bits per heavy atom. The van der Waals surface area contributed by atoms with Crippen molar-refractivity contribution < 1.29 is 9.50 Å². The highest BCUT2D eigenvalue weighted by Gasteiger charge is 2.41. The third-order valence-electron chi connectivity index (χ3n) is 7.33.